The molecule has 1 saturated carbocycles. The minimum Gasteiger partial charge on any atom is -0.477 e. The Balaban J connectivity index is 1.84. The number of nitrogens with one attached hydrogen (secondary N) is 2. The molecule has 2 fully saturated rings. The van der Waals surface area contributed by atoms with Crippen LogP contribution in [0.25, 0.3) is 0 Å². The molecule has 3 N–H and O–H groups in total. The summed E-state index contributed by atoms with van der Waals surface area (Å²) in [7, 11) is 6.44. The number of methoxy groups -OCH3 is 2. The predicted molar refractivity (Wildman–Crippen MR) is 208 cm³/mol. The van der Waals surface area contributed by atoms with Gasteiger partial charge in [-0.2, -0.15) is 0 Å². The minimum absolute atomic E-state index is 0.0127. The van der Waals surface area contributed by atoms with Crippen LogP contribution in [0.4, 0.5) is 0 Å². The van der Waals surface area contributed by atoms with E-state index in [2.05, 4.69) is 15.6 Å². The van der Waals surface area contributed by atoms with Crippen LogP contribution < -0.4 is 10.6 Å². The van der Waals surface area contributed by atoms with Crippen LogP contribution in [0.2, 0.25) is 5.02 Å². The van der Waals surface area contributed by atoms with Crippen molar-refractivity contribution in [2.75, 3.05) is 28.3 Å². The maximum Gasteiger partial charge on any atom is 0.350 e. The fraction of sp³-hybridized carbons (Fsp3) is 0.700. The van der Waals surface area contributed by atoms with E-state index in [0.717, 1.165) is 6.42 Å². The lowest BCUT2D eigenvalue weighted by molar-refractivity contribution is -0.148. The molecule has 0 spiro atoms. The van der Waals surface area contributed by atoms with Gasteiger partial charge in [0.25, 0.3) is 5.91 Å². The number of likely N-dealkylation sites (tertiary alicyclic amines) is 1. The molecular formula is C40H62ClN5O8. The highest BCUT2D eigenvalue weighted by atomic mass is 35.5. The molecule has 10 atom stereocenters. The van der Waals surface area contributed by atoms with Crippen molar-refractivity contribution in [3.8, 4) is 0 Å². The first kappa shape index (κ1) is 45.0. The Labute approximate surface area is 325 Å². The van der Waals surface area contributed by atoms with Gasteiger partial charge in [-0.05, 0) is 55.2 Å². The van der Waals surface area contributed by atoms with Gasteiger partial charge in [-0.15, -0.1) is 0 Å². The van der Waals surface area contributed by atoms with Gasteiger partial charge in [0.1, 0.15) is 11.8 Å². The van der Waals surface area contributed by atoms with Gasteiger partial charge < -0.3 is 35.0 Å². The zero-order valence-corrected chi connectivity index (χ0v) is 34.6. The number of carbonyl (C=O) groups is 5. The van der Waals surface area contributed by atoms with E-state index < -0.39 is 54.2 Å². The number of carbonyl (C=O) groups excluding carboxylic acids is 4. The molecule has 1 aliphatic carbocycles. The highest BCUT2D eigenvalue weighted by Crippen LogP contribution is 2.50. The average molecular weight is 776 g/mol. The number of carboxylic acids is 1. The summed E-state index contributed by atoms with van der Waals surface area (Å²) in [5.41, 5.74) is 0.196. The Kier molecular flexibility index (Phi) is 16.6. The van der Waals surface area contributed by atoms with Crippen LogP contribution in [-0.2, 0) is 39.9 Å². The van der Waals surface area contributed by atoms with E-state index in [0.29, 0.717) is 23.4 Å². The highest BCUT2D eigenvalue weighted by Gasteiger charge is 2.57. The third-order valence-corrected chi connectivity index (χ3v) is 11.7. The molecule has 3 unspecified atom stereocenters. The molecule has 0 aromatic heterocycles. The maximum atomic E-state index is 14.4. The van der Waals surface area contributed by atoms with Crippen molar-refractivity contribution in [3.63, 3.8) is 0 Å². The average Bonchev–Trinajstić information content (AvgIpc) is 3.78. The second kappa shape index (κ2) is 20.0. The third-order valence-electron chi connectivity index (χ3n) is 11.3. The van der Waals surface area contributed by atoms with Gasteiger partial charge in [0.2, 0.25) is 17.7 Å². The summed E-state index contributed by atoms with van der Waals surface area (Å²) in [4.78, 5) is 74.9. The molecule has 13 nitrogen and oxygen atoms in total. The molecule has 4 amide bonds. The zero-order valence-electron chi connectivity index (χ0n) is 33.8. The van der Waals surface area contributed by atoms with Crippen LogP contribution in [0.1, 0.15) is 79.7 Å². The van der Waals surface area contributed by atoms with E-state index in [1.165, 1.54) is 14.2 Å². The third kappa shape index (κ3) is 10.7. The maximum absolute atomic E-state index is 14.4. The first-order valence-electron chi connectivity index (χ1n) is 19.1. The fourth-order valence-corrected chi connectivity index (χ4v) is 8.17. The molecule has 1 saturated heterocycles. The topological polar surface area (TPSA) is 167 Å². The first-order chi connectivity index (χ1) is 25.4. The van der Waals surface area contributed by atoms with E-state index in [4.69, 9.17) is 21.1 Å². The molecule has 1 aromatic carbocycles. The van der Waals surface area contributed by atoms with E-state index in [-0.39, 0.29) is 66.0 Å². The van der Waals surface area contributed by atoms with Crippen molar-refractivity contribution in [1.29, 1.82) is 0 Å². The standard InChI is InChI=1S/C40H62ClN5O8/c1-12-23(6)35(45(9)39(50)34(22(4)5)44-38(49)33(42-8)21(2)3)31(53-10)20-32(47)46-29-18-26(29)19-30(46)36(54-11)24(7)37(48)43-28(40(51)52)17-25-15-13-14-16-27(25)41/h13-16,21-24,26,29-31,33-36,42H,12,17-20H2,1-11H3,(H,44,49)(H,51,52)/t23-,24+,26+,29?,30-,31?,33-,34-,35-,36?/m0/s1. The Hall–Kier alpha value is -3.39. The monoisotopic (exact) mass is 775 g/mol. The van der Waals surface area contributed by atoms with Gasteiger partial charge >= 0.3 is 5.97 Å². The number of halogens is 1. The van der Waals surface area contributed by atoms with Crippen LogP contribution in [0, 0.1) is 29.6 Å². The van der Waals surface area contributed by atoms with Gasteiger partial charge in [0, 0.05) is 38.8 Å². The molecule has 2 aliphatic rings. The number of likely N-dealkylation sites (N-methyl/N-ethyl adjacent to an activating group) is 2. The molecular weight excluding hydrogens is 714 g/mol. The van der Waals surface area contributed by atoms with Gasteiger partial charge in [0.05, 0.1) is 42.7 Å². The number of nitrogens with zero attached hydrogens (tertiary/aromatic N) is 3. The molecule has 1 heterocycles. The van der Waals surface area contributed by atoms with Crippen molar-refractivity contribution in [2.45, 2.75) is 123 Å². The van der Waals surface area contributed by atoms with Crippen molar-refractivity contribution >= 4 is 46.9 Å². The second-order valence-corrected chi connectivity index (χ2v) is 16.1. The van der Waals surface area contributed by atoms with Crippen molar-refractivity contribution in [3.05, 3.63) is 34.9 Å². The number of hydrogen-bond acceptors (Lipinski definition) is 8. The van der Waals surface area contributed by atoms with E-state index in [1.54, 1.807) is 50.2 Å². The second-order valence-electron chi connectivity index (χ2n) is 15.7. The number of benzene rings is 1. The SMILES string of the molecule is CC[C@H](C)[C@@H](C(CC(=O)N1C2C[C@@H]2C[C@H]1C(OC)[C@@H](C)C(=O)N=C(Cc1ccccc1Cl)C(=O)O)OC)N(C)C(=O)[C@@H](NC(=O)[C@@H](NC)C(C)C)C(C)C. The lowest BCUT2D eigenvalue weighted by Crippen LogP contribution is -2.59. The Morgan fingerprint density at radius 3 is 2.15 bits per heavy atom. The fourth-order valence-electron chi connectivity index (χ4n) is 7.96. The summed E-state index contributed by atoms with van der Waals surface area (Å²) >= 11 is 6.25. The summed E-state index contributed by atoms with van der Waals surface area (Å²) in [6, 6.07) is 4.58. The number of hydrogen-bond donors (Lipinski definition) is 3. The predicted octanol–water partition coefficient (Wildman–Crippen LogP) is 4.24. The molecule has 0 radical (unpaired) electrons. The smallest absolute Gasteiger partial charge is 0.350 e. The van der Waals surface area contributed by atoms with Crippen LogP contribution in [0.15, 0.2) is 29.3 Å². The summed E-state index contributed by atoms with van der Waals surface area (Å²) in [5.74, 6) is -3.52. The zero-order chi connectivity index (χ0) is 40.6. The quantitative estimate of drug-likeness (QED) is 0.164. The van der Waals surface area contributed by atoms with Crippen LogP contribution >= 0.6 is 11.6 Å². The largest absolute Gasteiger partial charge is 0.477 e. The minimum atomic E-state index is -1.33. The molecule has 1 aliphatic heterocycles. The van der Waals surface area contributed by atoms with E-state index >= 15 is 0 Å². The molecule has 3 rings (SSSR count). The lowest BCUT2D eigenvalue weighted by Gasteiger charge is -2.41. The van der Waals surface area contributed by atoms with E-state index in [1.807, 2.05) is 46.4 Å². The van der Waals surface area contributed by atoms with Crippen LogP contribution in [0.3, 0.4) is 0 Å². The molecule has 0 bridgehead atoms. The summed E-state index contributed by atoms with van der Waals surface area (Å²) in [6.45, 7) is 13.3. The van der Waals surface area contributed by atoms with Crippen LogP contribution in [0.5, 0.6) is 0 Å². The summed E-state index contributed by atoms with van der Waals surface area (Å²) in [5, 5.41) is 16.3. The van der Waals surface area contributed by atoms with Crippen LogP contribution in [-0.4, -0.2) is 121 Å². The van der Waals surface area contributed by atoms with E-state index in [9.17, 15) is 29.1 Å². The van der Waals surface area contributed by atoms with Crippen molar-refractivity contribution in [2.24, 2.45) is 34.6 Å². The molecule has 302 valence electrons. The number of ether oxygens (including phenoxy) is 2. The number of fused-ring (bicyclic) bond motifs is 1. The Morgan fingerprint density at radius 2 is 1.63 bits per heavy atom. The van der Waals surface area contributed by atoms with Crippen molar-refractivity contribution < 1.29 is 38.6 Å². The van der Waals surface area contributed by atoms with Gasteiger partial charge in [-0.25, -0.2) is 9.79 Å². The molecule has 14 heteroatoms. The normalized spacial score (nSPS) is 22.1. The number of aliphatic carboxylic acids is 1. The lowest BCUT2D eigenvalue weighted by atomic mass is 9.89. The summed E-state index contributed by atoms with van der Waals surface area (Å²) < 4.78 is 11.9. The van der Waals surface area contributed by atoms with Crippen molar-refractivity contribution in [1.82, 2.24) is 20.4 Å². The molecule has 1 aromatic rings. The summed E-state index contributed by atoms with van der Waals surface area (Å²) in [6.07, 6.45) is 0.616. The Bertz CT molecular complexity index is 1520. The molecule has 54 heavy (non-hydrogen) atoms. The Morgan fingerprint density at radius 1 is 1.00 bits per heavy atom. The number of rotatable bonds is 20. The van der Waals surface area contributed by atoms with Gasteiger partial charge in [-0.3, -0.25) is 19.2 Å². The van der Waals surface area contributed by atoms with Gasteiger partial charge in [0.15, 0.2) is 0 Å². The first-order valence-corrected chi connectivity index (χ1v) is 19.5. The highest BCUT2D eigenvalue weighted by molar-refractivity contribution is 6.38. The van der Waals surface area contributed by atoms with Gasteiger partial charge in [-0.1, -0.05) is 84.7 Å². The number of piperidine rings is 1. The number of amides is 4. The number of carboxylic acid groups (broad SMARTS) is 1. The number of aliphatic imine (C=N–C) groups is 1.